The van der Waals surface area contributed by atoms with Crippen LogP contribution in [0.3, 0.4) is 0 Å². The first-order valence-electron chi connectivity index (χ1n) is 7.18. The second-order valence-electron chi connectivity index (χ2n) is 5.32. The first-order valence-corrected chi connectivity index (χ1v) is 7.18. The van der Waals surface area contributed by atoms with Crippen molar-refractivity contribution in [1.82, 2.24) is 5.32 Å². The lowest BCUT2D eigenvalue weighted by Gasteiger charge is -2.31. The molecule has 0 aliphatic heterocycles. The Morgan fingerprint density at radius 3 is 2.09 bits per heavy atom. The van der Waals surface area contributed by atoms with Crippen molar-refractivity contribution in [3.63, 3.8) is 0 Å². The van der Waals surface area contributed by atoms with Gasteiger partial charge < -0.3 is 15.2 Å². The van der Waals surface area contributed by atoms with Crippen LogP contribution in [0.2, 0.25) is 0 Å². The Morgan fingerprint density at radius 1 is 1.04 bits per heavy atom. The molecule has 0 aromatic heterocycles. The summed E-state index contributed by atoms with van der Waals surface area (Å²) in [5.41, 5.74) is -0.859. The number of esters is 1. The summed E-state index contributed by atoms with van der Waals surface area (Å²) in [5.74, 6) is -1.21. The number of rotatable bonds is 5. The Hall–Kier alpha value is -2.66. The van der Waals surface area contributed by atoms with Gasteiger partial charge in [0.05, 0.1) is 13.2 Å². The highest BCUT2D eigenvalue weighted by atomic mass is 16.5. The van der Waals surface area contributed by atoms with Crippen LogP contribution in [0, 0.1) is 0 Å². The third-order valence-corrected chi connectivity index (χ3v) is 3.61. The molecule has 0 aliphatic carbocycles. The Labute approximate surface area is 134 Å². The molecule has 0 unspecified atom stereocenters. The van der Waals surface area contributed by atoms with Gasteiger partial charge in [-0.1, -0.05) is 48.5 Å². The number of aliphatic hydroxyl groups is 1. The van der Waals surface area contributed by atoms with Crippen molar-refractivity contribution in [1.29, 1.82) is 0 Å². The zero-order chi connectivity index (χ0) is 16.9. The number of amides is 1. The lowest BCUT2D eigenvalue weighted by Crippen LogP contribution is -2.50. The molecule has 0 aliphatic rings. The second kappa shape index (κ2) is 7.07. The number of carbonyl (C=O) groups excluding carboxylic acids is 2. The first-order chi connectivity index (χ1) is 11.0. The highest BCUT2D eigenvalue weighted by molar-refractivity contribution is 5.95. The van der Waals surface area contributed by atoms with Gasteiger partial charge in [-0.2, -0.15) is 0 Å². The van der Waals surface area contributed by atoms with Crippen LogP contribution in [-0.4, -0.2) is 29.7 Å². The Bertz CT molecular complexity index is 668. The van der Waals surface area contributed by atoms with Gasteiger partial charge in [0.15, 0.2) is 5.60 Å². The molecule has 0 fully saturated rings. The van der Waals surface area contributed by atoms with E-state index in [-0.39, 0.29) is 5.91 Å². The van der Waals surface area contributed by atoms with Gasteiger partial charge in [-0.15, -0.1) is 0 Å². The average molecular weight is 313 g/mol. The van der Waals surface area contributed by atoms with Crippen molar-refractivity contribution in [2.45, 2.75) is 18.6 Å². The number of nitrogens with one attached hydrogen (secondary N) is 1. The molecule has 2 N–H and O–H groups in total. The van der Waals surface area contributed by atoms with Gasteiger partial charge in [0.2, 0.25) is 0 Å². The van der Waals surface area contributed by atoms with Crippen molar-refractivity contribution in [3.8, 4) is 0 Å². The summed E-state index contributed by atoms with van der Waals surface area (Å²) >= 11 is 0. The molecule has 5 nitrogen and oxygen atoms in total. The molecule has 1 amide bonds. The summed E-state index contributed by atoms with van der Waals surface area (Å²) < 4.78 is 4.66. The molecular weight excluding hydrogens is 294 g/mol. The SMILES string of the molecule is COC(=O)[C@@](C)(O)[C@@H](NC(=O)c1ccccc1)c1ccccc1. The zero-order valence-electron chi connectivity index (χ0n) is 13.0. The van der Waals surface area contributed by atoms with Gasteiger partial charge >= 0.3 is 5.97 Å². The minimum absolute atomic E-state index is 0.386. The summed E-state index contributed by atoms with van der Waals surface area (Å²) in [6.45, 7) is 1.32. The van der Waals surface area contributed by atoms with Gasteiger partial charge in [0.25, 0.3) is 5.91 Å². The standard InChI is InChI=1S/C18H19NO4/c1-18(22,17(21)23-2)15(13-9-5-3-6-10-13)19-16(20)14-11-7-4-8-12-14/h3-12,15,22H,1-2H3,(H,19,20)/t15-,18-/m0/s1. The molecule has 0 radical (unpaired) electrons. The Kier molecular flexibility index (Phi) is 5.13. The average Bonchev–Trinajstić information content (AvgIpc) is 2.60. The minimum Gasteiger partial charge on any atom is -0.467 e. The van der Waals surface area contributed by atoms with E-state index in [0.717, 1.165) is 0 Å². The molecule has 0 heterocycles. The Morgan fingerprint density at radius 2 is 1.57 bits per heavy atom. The van der Waals surface area contributed by atoms with E-state index in [0.29, 0.717) is 11.1 Å². The number of methoxy groups -OCH3 is 1. The van der Waals surface area contributed by atoms with E-state index in [2.05, 4.69) is 10.1 Å². The smallest absolute Gasteiger partial charge is 0.340 e. The number of hydrogen-bond acceptors (Lipinski definition) is 4. The molecule has 0 bridgehead atoms. The normalized spacial score (nSPS) is 14.4. The summed E-state index contributed by atoms with van der Waals surface area (Å²) in [6.07, 6.45) is 0. The van der Waals surface area contributed by atoms with E-state index < -0.39 is 17.6 Å². The summed E-state index contributed by atoms with van der Waals surface area (Å²) in [6, 6.07) is 16.5. The van der Waals surface area contributed by atoms with Gasteiger partial charge in [0.1, 0.15) is 0 Å². The van der Waals surface area contributed by atoms with E-state index in [1.165, 1.54) is 14.0 Å². The summed E-state index contributed by atoms with van der Waals surface area (Å²) in [7, 11) is 1.19. The van der Waals surface area contributed by atoms with E-state index in [1.807, 2.05) is 6.07 Å². The highest BCUT2D eigenvalue weighted by Crippen LogP contribution is 2.27. The lowest BCUT2D eigenvalue weighted by atomic mass is 9.89. The van der Waals surface area contributed by atoms with Gasteiger partial charge in [0, 0.05) is 5.56 Å². The molecule has 0 spiro atoms. The third kappa shape index (κ3) is 3.76. The maximum atomic E-state index is 12.4. The zero-order valence-corrected chi connectivity index (χ0v) is 13.0. The summed E-state index contributed by atoms with van der Waals surface area (Å²) in [5, 5.41) is 13.3. The molecule has 0 saturated carbocycles. The van der Waals surface area contributed by atoms with Crippen molar-refractivity contribution in [2.75, 3.05) is 7.11 Å². The number of ether oxygens (including phenoxy) is 1. The van der Waals surface area contributed by atoms with Crippen LogP contribution in [0.5, 0.6) is 0 Å². The van der Waals surface area contributed by atoms with Crippen LogP contribution in [0.25, 0.3) is 0 Å². The topological polar surface area (TPSA) is 75.6 Å². The van der Waals surface area contributed by atoms with Gasteiger partial charge in [-0.25, -0.2) is 4.79 Å². The number of carbonyl (C=O) groups is 2. The van der Waals surface area contributed by atoms with Crippen LogP contribution < -0.4 is 5.32 Å². The predicted molar refractivity (Wildman–Crippen MR) is 85.7 cm³/mol. The largest absolute Gasteiger partial charge is 0.467 e. The monoisotopic (exact) mass is 313 g/mol. The molecule has 2 aromatic carbocycles. The first kappa shape index (κ1) is 16.7. The molecule has 2 aromatic rings. The van der Waals surface area contributed by atoms with E-state index in [9.17, 15) is 14.7 Å². The van der Waals surface area contributed by atoms with E-state index in [4.69, 9.17) is 0 Å². The maximum Gasteiger partial charge on any atom is 0.340 e. The minimum atomic E-state index is -1.90. The summed E-state index contributed by atoms with van der Waals surface area (Å²) in [4.78, 5) is 24.4. The fourth-order valence-electron chi connectivity index (χ4n) is 2.32. The van der Waals surface area contributed by atoms with Crippen LogP contribution >= 0.6 is 0 Å². The molecule has 23 heavy (non-hydrogen) atoms. The fourth-order valence-corrected chi connectivity index (χ4v) is 2.32. The van der Waals surface area contributed by atoms with Crippen LogP contribution in [0.15, 0.2) is 60.7 Å². The van der Waals surface area contributed by atoms with Crippen molar-refractivity contribution in [2.24, 2.45) is 0 Å². The highest BCUT2D eigenvalue weighted by Gasteiger charge is 2.42. The molecule has 0 saturated heterocycles. The van der Waals surface area contributed by atoms with Crippen LogP contribution in [-0.2, 0) is 9.53 Å². The fraction of sp³-hybridized carbons (Fsp3) is 0.222. The van der Waals surface area contributed by atoms with E-state index >= 15 is 0 Å². The molecule has 120 valence electrons. The van der Waals surface area contributed by atoms with Crippen molar-refractivity contribution in [3.05, 3.63) is 71.8 Å². The predicted octanol–water partition coefficient (Wildman–Crippen LogP) is 2.08. The van der Waals surface area contributed by atoms with E-state index in [1.54, 1.807) is 54.6 Å². The van der Waals surface area contributed by atoms with Crippen molar-refractivity contribution < 1.29 is 19.4 Å². The van der Waals surface area contributed by atoms with Crippen LogP contribution in [0.4, 0.5) is 0 Å². The maximum absolute atomic E-state index is 12.4. The third-order valence-electron chi connectivity index (χ3n) is 3.61. The molecule has 2 atom stereocenters. The van der Waals surface area contributed by atoms with Crippen LogP contribution in [0.1, 0.15) is 28.9 Å². The lowest BCUT2D eigenvalue weighted by molar-refractivity contribution is -0.163. The Balaban J connectivity index is 2.35. The quantitative estimate of drug-likeness (QED) is 0.829. The van der Waals surface area contributed by atoms with Gasteiger partial charge in [-0.05, 0) is 24.6 Å². The molecule has 2 rings (SSSR count). The van der Waals surface area contributed by atoms with Gasteiger partial charge in [-0.3, -0.25) is 4.79 Å². The number of benzene rings is 2. The second-order valence-corrected chi connectivity index (χ2v) is 5.32. The number of hydrogen-bond donors (Lipinski definition) is 2. The molecule has 5 heteroatoms. The van der Waals surface area contributed by atoms with Crippen molar-refractivity contribution >= 4 is 11.9 Å². The molecular formula is C18H19NO4.